The first-order valence-electron chi connectivity index (χ1n) is 8.10. The first-order chi connectivity index (χ1) is 10.9. The van der Waals surface area contributed by atoms with E-state index in [1.807, 2.05) is 12.1 Å². The van der Waals surface area contributed by atoms with Gasteiger partial charge in [0.15, 0.2) is 0 Å². The summed E-state index contributed by atoms with van der Waals surface area (Å²) >= 11 is 0. The van der Waals surface area contributed by atoms with Crippen LogP contribution in [0, 0.1) is 5.41 Å². The molecule has 0 bridgehead atoms. The van der Waals surface area contributed by atoms with E-state index < -0.39 is 0 Å². The molecule has 5 heteroatoms. The van der Waals surface area contributed by atoms with Crippen LogP contribution in [0.1, 0.15) is 49.0 Å². The van der Waals surface area contributed by atoms with Crippen LogP contribution < -0.4 is 10.6 Å². The highest BCUT2D eigenvalue weighted by molar-refractivity contribution is 5.89. The average Bonchev–Trinajstić information content (AvgIpc) is 3.22. The van der Waals surface area contributed by atoms with E-state index in [-0.39, 0.29) is 28.9 Å². The molecule has 124 valence electrons. The fourth-order valence-electron chi connectivity index (χ4n) is 3.26. The zero-order valence-electron chi connectivity index (χ0n) is 13.9. The van der Waals surface area contributed by atoms with Crippen molar-refractivity contribution in [3.63, 3.8) is 0 Å². The standard InChI is InChI=1S/C18H24N2O3/c1-17(2)10-14(19-11-17)15(21)20-18(8-9-18)13-6-4-12(5-7-13)16(22)23-3/h4-7,14,19H,8-11H2,1-3H3,(H,20,21)/t14-/m1/s1. The lowest BCUT2D eigenvalue weighted by molar-refractivity contribution is -0.124. The lowest BCUT2D eigenvalue weighted by Gasteiger charge is -2.21. The molecule has 0 spiro atoms. The van der Waals surface area contributed by atoms with E-state index in [1.54, 1.807) is 12.1 Å². The zero-order valence-corrected chi connectivity index (χ0v) is 13.9. The minimum atomic E-state index is -0.345. The van der Waals surface area contributed by atoms with Crippen molar-refractivity contribution < 1.29 is 14.3 Å². The average molecular weight is 316 g/mol. The first-order valence-corrected chi connectivity index (χ1v) is 8.10. The lowest BCUT2D eigenvalue weighted by Crippen LogP contribution is -2.45. The number of rotatable bonds is 4. The van der Waals surface area contributed by atoms with E-state index in [2.05, 4.69) is 24.5 Å². The van der Waals surface area contributed by atoms with Crippen molar-refractivity contribution >= 4 is 11.9 Å². The number of esters is 1. The number of methoxy groups -OCH3 is 1. The topological polar surface area (TPSA) is 67.4 Å². The largest absolute Gasteiger partial charge is 0.465 e. The molecule has 3 rings (SSSR count). The number of ether oxygens (including phenoxy) is 1. The molecule has 5 nitrogen and oxygen atoms in total. The van der Waals surface area contributed by atoms with Crippen molar-refractivity contribution in [2.24, 2.45) is 5.41 Å². The van der Waals surface area contributed by atoms with Crippen molar-refractivity contribution in [1.82, 2.24) is 10.6 Å². The van der Waals surface area contributed by atoms with Crippen molar-refractivity contribution in [3.05, 3.63) is 35.4 Å². The molecule has 1 aromatic rings. The van der Waals surface area contributed by atoms with Gasteiger partial charge >= 0.3 is 5.97 Å². The molecular formula is C18H24N2O3. The molecule has 1 heterocycles. The highest BCUT2D eigenvalue weighted by atomic mass is 16.5. The van der Waals surface area contributed by atoms with Gasteiger partial charge < -0.3 is 15.4 Å². The highest BCUT2D eigenvalue weighted by Gasteiger charge is 2.47. The summed E-state index contributed by atoms with van der Waals surface area (Å²) in [6.45, 7) is 5.21. The van der Waals surface area contributed by atoms with E-state index in [1.165, 1.54) is 7.11 Å². The molecule has 23 heavy (non-hydrogen) atoms. The number of amides is 1. The van der Waals surface area contributed by atoms with Crippen molar-refractivity contribution in [2.45, 2.75) is 44.7 Å². The summed E-state index contributed by atoms with van der Waals surface area (Å²) in [6.07, 6.45) is 2.73. The predicted molar refractivity (Wildman–Crippen MR) is 87.0 cm³/mol. The Labute approximate surface area is 136 Å². The minimum absolute atomic E-state index is 0.0742. The van der Waals surface area contributed by atoms with Crippen molar-refractivity contribution in [1.29, 1.82) is 0 Å². The smallest absolute Gasteiger partial charge is 0.337 e. The molecule has 1 saturated heterocycles. The van der Waals surface area contributed by atoms with E-state index in [0.29, 0.717) is 5.56 Å². The predicted octanol–water partition coefficient (Wildman–Crippen LogP) is 1.97. The minimum Gasteiger partial charge on any atom is -0.465 e. The first kappa shape index (κ1) is 16.0. The van der Waals surface area contributed by atoms with Crippen LogP contribution in [-0.4, -0.2) is 31.6 Å². The van der Waals surface area contributed by atoms with Crippen LogP contribution in [-0.2, 0) is 15.1 Å². The van der Waals surface area contributed by atoms with E-state index in [9.17, 15) is 9.59 Å². The van der Waals surface area contributed by atoms with Crippen LogP contribution in [0.5, 0.6) is 0 Å². The van der Waals surface area contributed by atoms with Crippen LogP contribution in [0.3, 0.4) is 0 Å². The maximum Gasteiger partial charge on any atom is 0.337 e. The Hall–Kier alpha value is -1.88. The van der Waals surface area contributed by atoms with E-state index in [0.717, 1.165) is 31.4 Å². The summed E-state index contributed by atoms with van der Waals surface area (Å²) in [4.78, 5) is 24.0. The number of benzene rings is 1. The molecule has 1 amide bonds. The van der Waals surface area contributed by atoms with Gasteiger partial charge in [-0.2, -0.15) is 0 Å². The van der Waals surface area contributed by atoms with Crippen molar-refractivity contribution in [2.75, 3.05) is 13.7 Å². The lowest BCUT2D eigenvalue weighted by atomic mass is 9.90. The molecule has 1 aliphatic heterocycles. The Balaban J connectivity index is 1.68. The van der Waals surface area contributed by atoms with Gasteiger partial charge in [0.1, 0.15) is 0 Å². The van der Waals surface area contributed by atoms with Crippen LogP contribution in [0.25, 0.3) is 0 Å². The van der Waals surface area contributed by atoms with Gasteiger partial charge in [0.05, 0.1) is 24.3 Å². The third-order valence-corrected chi connectivity index (χ3v) is 4.87. The SMILES string of the molecule is COC(=O)c1ccc(C2(NC(=O)[C@H]3CC(C)(C)CN3)CC2)cc1. The van der Waals surface area contributed by atoms with Gasteiger partial charge in [-0.15, -0.1) is 0 Å². The molecule has 0 unspecified atom stereocenters. The van der Waals surface area contributed by atoms with Crippen LogP contribution in [0.2, 0.25) is 0 Å². The normalized spacial score (nSPS) is 24.0. The third kappa shape index (κ3) is 3.24. The van der Waals surface area contributed by atoms with Crippen LogP contribution >= 0.6 is 0 Å². The monoisotopic (exact) mass is 316 g/mol. The molecule has 1 aliphatic carbocycles. The number of carbonyl (C=O) groups excluding carboxylic acids is 2. The fourth-order valence-corrected chi connectivity index (χ4v) is 3.26. The second kappa shape index (κ2) is 5.64. The molecule has 0 aromatic heterocycles. The van der Waals surface area contributed by atoms with E-state index in [4.69, 9.17) is 4.74 Å². The summed E-state index contributed by atoms with van der Waals surface area (Å²) in [7, 11) is 1.37. The summed E-state index contributed by atoms with van der Waals surface area (Å²) in [6, 6.07) is 7.21. The Bertz CT molecular complexity index is 618. The van der Waals surface area contributed by atoms with Crippen LogP contribution in [0.4, 0.5) is 0 Å². The van der Waals surface area contributed by atoms with Crippen LogP contribution in [0.15, 0.2) is 24.3 Å². The molecule has 0 radical (unpaired) electrons. The van der Waals surface area contributed by atoms with Gasteiger partial charge in [0.25, 0.3) is 0 Å². The Morgan fingerprint density at radius 1 is 1.22 bits per heavy atom. The molecule has 1 aromatic carbocycles. The fraction of sp³-hybridized carbons (Fsp3) is 0.556. The summed E-state index contributed by atoms with van der Waals surface area (Å²) in [5, 5.41) is 6.52. The summed E-state index contributed by atoms with van der Waals surface area (Å²) in [5.74, 6) is -0.270. The quantitative estimate of drug-likeness (QED) is 0.834. The molecule has 2 aliphatic rings. The van der Waals surface area contributed by atoms with Gasteiger partial charge in [0, 0.05) is 6.54 Å². The Kier molecular flexibility index (Phi) is 3.92. The maximum absolute atomic E-state index is 12.5. The molecule has 2 fully saturated rings. The highest BCUT2D eigenvalue weighted by Crippen LogP contribution is 2.45. The third-order valence-electron chi connectivity index (χ3n) is 4.87. The number of nitrogens with one attached hydrogen (secondary N) is 2. The second-order valence-corrected chi connectivity index (χ2v) is 7.44. The molecule has 2 N–H and O–H groups in total. The van der Waals surface area contributed by atoms with Crippen molar-refractivity contribution in [3.8, 4) is 0 Å². The maximum atomic E-state index is 12.5. The van der Waals surface area contributed by atoms with Gasteiger partial charge in [-0.25, -0.2) is 4.79 Å². The van der Waals surface area contributed by atoms with Gasteiger partial charge in [0.2, 0.25) is 5.91 Å². The number of hydrogen-bond donors (Lipinski definition) is 2. The number of hydrogen-bond acceptors (Lipinski definition) is 4. The van der Waals surface area contributed by atoms with Gasteiger partial charge in [-0.3, -0.25) is 4.79 Å². The summed E-state index contributed by atoms with van der Waals surface area (Å²) < 4.78 is 4.71. The number of carbonyl (C=O) groups is 2. The second-order valence-electron chi connectivity index (χ2n) is 7.44. The van der Waals surface area contributed by atoms with Gasteiger partial charge in [-0.05, 0) is 42.4 Å². The Morgan fingerprint density at radius 3 is 2.35 bits per heavy atom. The van der Waals surface area contributed by atoms with E-state index >= 15 is 0 Å². The molecule has 1 saturated carbocycles. The molecular weight excluding hydrogens is 292 g/mol. The van der Waals surface area contributed by atoms with Gasteiger partial charge in [-0.1, -0.05) is 26.0 Å². The summed E-state index contributed by atoms with van der Waals surface area (Å²) in [5.41, 5.74) is 1.48. The Morgan fingerprint density at radius 2 is 1.87 bits per heavy atom. The zero-order chi connectivity index (χ0) is 16.7. The molecule has 1 atom stereocenters.